The van der Waals surface area contributed by atoms with Crippen LogP contribution in [0.5, 0.6) is 46.0 Å². The second-order valence-corrected chi connectivity index (χ2v) is 38.4. The number of rotatable bonds is 23. The van der Waals surface area contributed by atoms with E-state index in [1.54, 1.807) is 66.9 Å². The predicted octanol–water partition coefficient (Wildman–Crippen LogP) is 27.9. The molecule has 0 amide bonds. The molecule has 0 aliphatic heterocycles. The van der Waals surface area contributed by atoms with Gasteiger partial charge in [-0.25, -0.2) is 8.78 Å². The van der Waals surface area contributed by atoms with Gasteiger partial charge in [0.15, 0.2) is 73.4 Å². The highest BCUT2D eigenvalue weighted by Gasteiger charge is 2.34. The summed E-state index contributed by atoms with van der Waals surface area (Å²) in [5, 5.41) is 0. The van der Waals surface area contributed by atoms with Gasteiger partial charge < -0.3 is 33.2 Å². The van der Waals surface area contributed by atoms with Gasteiger partial charge in [0.05, 0.1) is 97.1 Å². The van der Waals surface area contributed by atoms with Gasteiger partial charge in [0.2, 0.25) is 0 Å². The molecule has 0 saturated carbocycles. The van der Waals surface area contributed by atoms with Gasteiger partial charge in [0, 0.05) is 0 Å². The molecule has 7 nitrogen and oxygen atoms in total. The van der Waals surface area contributed by atoms with E-state index < -0.39 is 10.9 Å². The SMILES string of the molecule is COc1ccc([S+](c2ccc(C)cc2)c2ccc(C)cc2)cc1.COc1ccc([S+](c2ccc(C)cc2)c2ccc(OC)cc2)cc1.COc1ccc([S+](c2ccc(OC)cc2)c2ccc(OC)cc2)cc1.Cc1ccc([S+](c2ccc(C)cc2)c2ccc(C)cc2)cc1.Fc1ccc([S+](c2ccc(F)cc2)c2ccc(Oc3ccccc3)cc2)cc1. The third-order valence-corrected chi connectivity index (χ3v) is 30.6. The number of hydrogen-bond donors (Lipinski definition) is 0. The molecular weight excluding hydrogens is 1610 g/mol. The highest BCUT2D eigenvalue weighted by Crippen LogP contribution is 2.40. The van der Waals surface area contributed by atoms with Crippen molar-refractivity contribution in [1.82, 2.24) is 0 Å². The summed E-state index contributed by atoms with van der Waals surface area (Å²) < 4.78 is 64.4. The predicted molar refractivity (Wildman–Crippen MR) is 502 cm³/mol. The largest absolute Gasteiger partial charge is 0.497 e. The van der Waals surface area contributed by atoms with Crippen molar-refractivity contribution in [3.63, 3.8) is 0 Å². The van der Waals surface area contributed by atoms with Gasteiger partial charge in [-0.3, -0.25) is 0 Å². The van der Waals surface area contributed by atoms with Crippen LogP contribution in [0.15, 0.2) is 468 Å². The summed E-state index contributed by atoms with van der Waals surface area (Å²) in [4.78, 5) is 18.6. The van der Waals surface area contributed by atoms with E-state index in [1.165, 1.54) is 116 Å². The summed E-state index contributed by atoms with van der Waals surface area (Å²) in [7, 11) is 9.16. The zero-order valence-corrected chi connectivity index (χ0v) is 74.8. The van der Waals surface area contributed by atoms with Crippen LogP contribution in [-0.4, -0.2) is 42.7 Å². The minimum absolute atomic E-state index is 0.0394. The molecule has 614 valence electrons. The lowest BCUT2D eigenvalue weighted by molar-refractivity contribution is 0.414. The van der Waals surface area contributed by atoms with Crippen LogP contribution in [0.4, 0.5) is 8.78 Å². The first-order chi connectivity index (χ1) is 59.4. The summed E-state index contributed by atoms with van der Waals surface area (Å²) in [5.74, 6) is 6.16. The fourth-order valence-electron chi connectivity index (χ4n) is 12.8. The maximum atomic E-state index is 13.4. The summed E-state index contributed by atoms with van der Waals surface area (Å²) in [6, 6.07) is 133. The summed E-state index contributed by atoms with van der Waals surface area (Å²) in [6.45, 7) is 12.8. The lowest BCUT2D eigenvalue weighted by Gasteiger charge is -2.10. The topological polar surface area (TPSA) is 64.6 Å². The van der Waals surface area contributed by atoms with E-state index in [9.17, 15) is 8.78 Å². The lowest BCUT2D eigenvalue weighted by atomic mass is 10.2. The van der Waals surface area contributed by atoms with Gasteiger partial charge in [0.1, 0.15) is 57.6 Å². The molecule has 0 atom stereocenters. The Bertz CT molecular complexity index is 5450. The molecule has 0 spiro atoms. The van der Waals surface area contributed by atoms with E-state index in [0.29, 0.717) is 0 Å². The third kappa shape index (κ3) is 25.0. The minimum Gasteiger partial charge on any atom is -0.497 e. The maximum Gasteiger partial charge on any atom is 0.166 e. The van der Waals surface area contributed by atoms with Crippen LogP contribution in [0.25, 0.3) is 0 Å². The molecule has 0 aromatic heterocycles. The van der Waals surface area contributed by atoms with Crippen LogP contribution in [0.2, 0.25) is 0 Å². The smallest absolute Gasteiger partial charge is 0.166 e. The molecule has 122 heavy (non-hydrogen) atoms. The molecule has 0 radical (unpaired) electrons. The van der Waals surface area contributed by atoms with E-state index in [2.05, 4.69) is 260 Å². The molecule has 0 heterocycles. The molecule has 16 aromatic rings. The third-order valence-electron chi connectivity index (χ3n) is 19.4. The number of ether oxygens (including phenoxy) is 7. The first kappa shape index (κ1) is 89.0. The van der Waals surface area contributed by atoms with E-state index in [-0.39, 0.29) is 55.2 Å². The van der Waals surface area contributed by atoms with Crippen LogP contribution in [0.3, 0.4) is 0 Å². The van der Waals surface area contributed by atoms with Crippen LogP contribution in [-0.2, 0) is 54.5 Å². The van der Waals surface area contributed by atoms with Crippen LogP contribution >= 0.6 is 0 Å². The molecule has 14 heteroatoms. The van der Waals surface area contributed by atoms with Crippen LogP contribution in [0.1, 0.15) is 33.4 Å². The molecule has 0 bridgehead atoms. The molecule has 0 N–H and O–H groups in total. The number of halogens is 2. The van der Waals surface area contributed by atoms with Gasteiger partial charge >= 0.3 is 0 Å². The number of benzene rings is 16. The van der Waals surface area contributed by atoms with Gasteiger partial charge in [0.25, 0.3) is 0 Å². The first-order valence-corrected chi connectivity index (χ1v) is 45.9. The Morgan fingerprint density at radius 1 is 0.148 bits per heavy atom. The second kappa shape index (κ2) is 44.9. The Balaban J connectivity index is 0.000000140. The van der Waals surface area contributed by atoms with Crippen molar-refractivity contribution in [2.45, 2.75) is 115 Å². The monoisotopic (exact) mass is 1710 g/mol. The Labute approximate surface area is 733 Å². The first-order valence-electron chi connectivity index (χ1n) is 39.8. The fourth-order valence-corrected chi connectivity index (χ4v) is 23.0. The Kier molecular flexibility index (Phi) is 32.7. The Hall–Kier alpha value is -12.3. The van der Waals surface area contributed by atoms with Crippen molar-refractivity contribution < 1.29 is 41.9 Å². The normalized spacial score (nSPS) is 10.7. The summed E-state index contributed by atoms with van der Waals surface area (Å²) >= 11 is 0. The van der Waals surface area contributed by atoms with E-state index in [1.807, 2.05) is 127 Å². The average Bonchev–Trinajstić information content (AvgIpc) is 0.829. The van der Waals surface area contributed by atoms with Crippen molar-refractivity contribution in [3.05, 3.63) is 439 Å². The number of hydrogen-bond acceptors (Lipinski definition) is 7. The number of para-hydroxylation sites is 1. The van der Waals surface area contributed by atoms with Crippen molar-refractivity contribution in [2.24, 2.45) is 0 Å². The van der Waals surface area contributed by atoms with Crippen LogP contribution in [0, 0.1) is 53.2 Å². The molecule has 0 aliphatic carbocycles. The van der Waals surface area contributed by atoms with Crippen LogP contribution < -0.4 is 33.2 Å². The molecule has 0 aliphatic rings. The molecular formula is C108H101F2O7S5+5. The summed E-state index contributed by atoms with van der Waals surface area (Å²) in [5.41, 5.74) is 7.76. The van der Waals surface area contributed by atoms with Crippen molar-refractivity contribution >= 4 is 54.5 Å². The highest BCUT2D eigenvalue weighted by molar-refractivity contribution is 7.98. The molecule has 16 aromatic carbocycles. The minimum atomic E-state index is -0.475. The molecule has 0 unspecified atom stereocenters. The van der Waals surface area contributed by atoms with Gasteiger partial charge in [-0.2, -0.15) is 0 Å². The van der Waals surface area contributed by atoms with E-state index in [0.717, 1.165) is 60.7 Å². The van der Waals surface area contributed by atoms with E-state index >= 15 is 0 Å². The molecule has 0 fully saturated rings. The van der Waals surface area contributed by atoms with Gasteiger partial charge in [-0.05, 0) is 345 Å². The standard InChI is InChI=1S/C24H17F2OS.C21H21O3S.C21H21O2S.C21H21OS.C21H21S/c25-18-6-12-22(13-7-18)28(23-14-8-19(26)9-15-23)24-16-10-21(11-17-24)27-20-4-2-1-3-5-20;1-22-16-4-10-19(11-5-16)25(20-12-6-17(23-2)7-13-20)21-14-8-18(24-3)9-15-21;1-16-4-10-19(11-5-16)24(20-12-6-17(22-2)7-13-20)21-14-8-18(23-3)9-15-21;1-16-4-10-19(11-5-16)23(20-12-6-17(2)7-13-20)21-14-8-18(22-3)9-15-21;1-16-4-10-19(11-5-16)22(20-12-6-17(2)7-13-20)21-14-8-18(3)9-15-21/h1-17H;4-15H,1-3H3;4-15H,1-3H3;4-15H,1-3H3;4-15H,1-3H3/q5*+1. The second-order valence-electron chi connectivity index (χ2n) is 28.3. The molecule has 0 saturated heterocycles. The maximum absolute atomic E-state index is 13.4. The Morgan fingerprint density at radius 3 is 0.418 bits per heavy atom. The fraction of sp³-hybridized carbons (Fsp3) is 0.111. The lowest BCUT2D eigenvalue weighted by Crippen LogP contribution is -2.05. The molecule has 16 rings (SSSR count). The summed E-state index contributed by atoms with van der Waals surface area (Å²) in [6.07, 6.45) is 0. The zero-order valence-electron chi connectivity index (χ0n) is 70.7. The highest BCUT2D eigenvalue weighted by atomic mass is 32.2. The van der Waals surface area contributed by atoms with Crippen molar-refractivity contribution in [1.29, 1.82) is 0 Å². The number of aryl methyl sites for hydroxylation is 6. The quantitative estimate of drug-likeness (QED) is 0.0591. The van der Waals surface area contributed by atoms with Gasteiger partial charge in [-0.1, -0.05) is 124 Å². The Morgan fingerprint density at radius 2 is 0.270 bits per heavy atom. The van der Waals surface area contributed by atoms with E-state index in [4.69, 9.17) is 33.2 Å². The zero-order chi connectivity index (χ0) is 85.7. The van der Waals surface area contributed by atoms with Crippen molar-refractivity contribution in [3.8, 4) is 46.0 Å². The average molecular weight is 1710 g/mol. The van der Waals surface area contributed by atoms with Crippen molar-refractivity contribution in [2.75, 3.05) is 42.7 Å². The van der Waals surface area contributed by atoms with Gasteiger partial charge in [-0.15, -0.1) is 0 Å². The number of methoxy groups -OCH3 is 6.